The zero-order chi connectivity index (χ0) is 12.8. The van der Waals surface area contributed by atoms with Crippen LogP contribution in [0.2, 0.25) is 5.02 Å². The van der Waals surface area contributed by atoms with Crippen LogP contribution in [0, 0.1) is 5.92 Å². The van der Waals surface area contributed by atoms with Gasteiger partial charge in [0.25, 0.3) is 0 Å². The van der Waals surface area contributed by atoms with Gasteiger partial charge in [-0.25, -0.2) is 0 Å². The number of hydrogen-bond acceptors (Lipinski definition) is 3. The fourth-order valence-corrected chi connectivity index (χ4v) is 2.46. The van der Waals surface area contributed by atoms with E-state index in [1.165, 1.54) is 12.8 Å². The summed E-state index contributed by atoms with van der Waals surface area (Å²) < 4.78 is 10.8. The molecular weight excluding hydrogens is 250 g/mol. The first-order valence-corrected chi connectivity index (χ1v) is 6.84. The number of rotatable bonds is 5. The number of hydrogen-bond donors (Lipinski definition) is 1. The lowest BCUT2D eigenvalue weighted by Crippen LogP contribution is -2.30. The van der Waals surface area contributed by atoms with Gasteiger partial charge in [0, 0.05) is 6.07 Å². The van der Waals surface area contributed by atoms with Crippen LogP contribution in [0.5, 0.6) is 11.5 Å². The number of ether oxygens (including phenoxy) is 2. The summed E-state index contributed by atoms with van der Waals surface area (Å²) in [4.78, 5) is 0. The first-order chi connectivity index (χ1) is 8.79. The van der Waals surface area contributed by atoms with Crippen LogP contribution in [0.3, 0.4) is 0 Å². The number of halogens is 1. The van der Waals surface area contributed by atoms with Gasteiger partial charge in [0.2, 0.25) is 0 Å². The number of piperidine rings is 1. The van der Waals surface area contributed by atoms with Crippen LogP contribution >= 0.6 is 11.6 Å². The Morgan fingerprint density at radius 2 is 2.33 bits per heavy atom. The van der Waals surface area contributed by atoms with E-state index in [1.807, 2.05) is 12.1 Å². The zero-order valence-electron chi connectivity index (χ0n) is 10.7. The van der Waals surface area contributed by atoms with E-state index >= 15 is 0 Å². The van der Waals surface area contributed by atoms with E-state index in [4.69, 9.17) is 21.1 Å². The van der Waals surface area contributed by atoms with E-state index < -0.39 is 0 Å². The largest absolute Gasteiger partial charge is 0.497 e. The SMILES string of the molecule is COc1ccc(OCC[C@H]2CCCNC2)c(Cl)c1. The molecule has 1 saturated heterocycles. The molecule has 0 unspecified atom stereocenters. The van der Waals surface area contributed by atoms with E-state index in [2.05, 4.69) is 5.32 Å². The molecule has 0 aromatic heterocycles. The van der Waals surface area contributed by atoms with Crippen LogP contribution in [0.4, 0.5) is 0 Å². The monoisotopic (exact) mass is 269 g/mol. The maximum absolute atomic E-state index is 6.11. The van der Waals surface area contributed by atoms with Gasteiger partial charge in [-0.3, -0.25) is 0 Å². The van der Waals surface area contributed by atoms with Gasteiger partial charge in [0.1, 0.15) is 11.5 Å². The summed E-state index contributed by atoms with van der Waals surface area (Å²) in [5.41, 5.74) is 0. The third-order valence-electron chi connectivity index (χ3n) is 3.32. The van der Waals surface area contributed by atoms with Crippen molar-refractivity contribution in [1.29, 1.82) is 0 Å². The molecule has 18 heavy (non-hydrogen) atoms. The van der Waals surface area contributed by atoms with Crippen LogP contribution in [0.15, 0.2) is 18.2 Å². The lowest BCUT2D eigenvalue weighted by molar-refractivity contribution is 0.254. The Labute approximate surface area is 113 Å². The van der Waals surface area contributed by atoms with Crippen molar-refractivity contribution in [3.63, 3.8) is 0 Å². The molecule has 0 aliphatic carbocycles. The Balaban J connectivity index is 1.79. The molecule has 0 saturated carbocycles. The molecule has 1 aliphatic heterocycles. The third kappa shape index (κ3) is 3.79. The van der Waals surface area contributed by atoms with Gasteiger partial charge in [0.15, 0.2) is 0 Å². The molecule has 0 amide bonds. The number of methoxy groups -OCH3 is 1. The fourth-order valence-electron chi connectivity index (χ4n) is 2.23. The van der Waals surface area contributed by atoms with Crippen molar-refractivity contribution >= 4 is 11.6 Å². The minimum Gasteiger partial charge on any atom is -0.497 e. The normalized spacial score (nSPS) is 19.6. The second-order valence-electron chi connectivity index (χ2n) is 4.65. The second kappa shape index (κ2) is 6.86. The predicted octanol–water partition coefficient (Wildman–Crippen LogP) is 3.12. The van der Waals surface area contributed by atoms with E-state index in [1.54, 1.807) is 13.2 Å². The van der Waals surface area contributed by atoms with Crippen LogP contribution in [0.1, 0.15) is 19.3 Å². The molecule has 3 nitrogen and oxygen atoms in total. The van der Waals surface area contributed by atoms with Gasteiger partial charge in [-0.05, 0) is 50.4 Å². The Hall–Kier alpha value is -0.930. The van der Waals surface area contributed by atoms with Gasteiger partial charge >= 0.3 is 0 Å². The van der Waals surface area contributed by atoms with Crippen LogP contribution < -0.4 is 14.8 Å². The molecule has 1 fully saturated rings. The van der Waals surface area contributed by atoms with Gasteiger partial charge in [0.05, 0.1) is 18.7 Å². The Bertz CT molecular complexity index is 378. The molecular formula is C14H20ClNO2. The molecule has 0 bridgehead atoms. The minimum absolute atomic E-state index is 0.608. The maximum Gasteiger partial charge on any atom is 0.138 e. The van der Waals surface area contributed by atoms with Crippen molar-refractivity contribution in [2.24, 2.45) is 5.92 Å². The van der Waals surface area contributed by atoms with Gasteiger partial charge in [-0.2, -0.15) is 0 Å². The number of benzene rings is 1. The Morgan fingerprint density at radius 3 is 3.00 bits per heavy atom. The molecule has 1 aromatic carbocycles. The molecule has 1 heterocycles. The van der Waals surface area contributed by atoms with Crippen molar-refractivity contribution < 1.29 is 9.47 Å². The van der Waals surface area contributed by atoms with Crippen molar-refractivity contribution in [1.82, 2.24) is 5.32 Å². The van der Waals surface area contributed by atoms with Crippen LogP contribution in [0.25, 0.3) is 0 Å². The molecule has 1 aliphatic rings. The third-order valence-corrected chi connectivity index (χ3v) is 3.62. The summed E-state index contributed by atoms with van der Waals surface area (Å²) in [5.74, 6) is 2.22. The maximum atomic E-state index is 6.11. The minimum atomic E-state index is 0.608. The van der Waals surface area contributed by atoms with Crippen LogP contribution in [-0.2, 0) is 0 Å². The van der Waals surface area contributed by atoms with Crippen LogP contribution in [-0.4, -0.2) is 26.8 Å². The number of nitrogens with one attached hydrogen (secondary N) is 1. The highest BCUT2D eigenvalue weighted by Gasteiger charge is 2.13. The smallest absolute Gasteiger partial charge is 0.138 e. The van der Waals surface area contributed by atoms with E-state index in [9.17, 15) is 0 Å². The first-order valence-electron chi connectivity index (χ1n) is 6.46. The van der Waals surface area contributed by atoms with Crippen molar-refractivity contribution in [2.45, 2.75) is 19.3 Å². The summed E-state index contributed by atoms with van der Waals surface area (Å²) >= 11 is 6.11. The van der Waals surface area contributed by atoms with Gasteiger partial charge in [-0.15, -0.1) is 0 Å². The average Bonchev–Trinajstić information content (AvgIpc) is 2.42. The molecule has 100 valence electrons. The zero-order valence-corrected chi connectivity index (χ0v) is 11.5. The molecule has 1 N–H and O–H groups in total. The summed E-state index contributed by atoms with van der Waals surface area (Å²) in [6.07, 6.45) is 3.65. The Kier molecular flexibility index (Phi) is 5.14. The van der Waals surface area contributed by atoms with Crippen molar-refractivity contribution in [3.05, 3.63) is 23.2 Å². The Morgan fingerprint density at radius 1 is 1.44 bits per heavy atom. The topological polar surface area (TPSA) is 30.5 Å². The predicted molar refractivity (Wildman–Crippen MR) is 73.7 cm³/mol. The van der Waals surface area contributed by atoms with Gasteiger partial charge < -0.3 is 14.8 Å². The quantitative estimate of drug-likeness (QED) is 0.891. The second-order valence-corrected chi connectivity index (χ2v) is 5.05. The summed E-state index contributed by atoms with van der Waals surface area (Å²) in [5, 5.41) is 4.02. The van der Waals surface area contributed by atoms with E-state index in [0.717, 1.165) is 43.5 Å². The lowest BCUT2D eigenvalue weighted by atomic mass is 9.97. The molecule has 1 atom stereocenters. The lowest BCUT2D eigenvalue weighted by Gasteiger charge is -2.22. The van der Waals surface area contributed by atoms with E-state index in [0.29, 0.717) is 5.02 Å². The molecule has 0 radical (unpaired) electrons. The van der Waals surface area contributed by atoms with E-state index in [-0.39, 0.29) is 0 Å². The first kappa shape index (κ1) is 13.5. The highest BCUT2D eigenvalue weighted by atomic mass is 35.5. The highest BCUT2D eigenvalue weighted by molar-refractivity contribution is 6.32. The average molecular weight is 270 g/mol. The van der Waals surface area contributed by atoms with Crippen molar-refractivity contribution in [2.75, 3.05) is 26.8 Å². The molecule has 4 heteroatoms. The summed E-state index contributed by atoms with van der Waals surface area (Å²) in [7, 11) is 1.63. The van der Waals surface area contributed by atoms with Gasteiger partial charge in [-0.1, -0.05) is 11.6 Å². The molecule has 2 rings (SSSR count). The fraction of sp³-hybridized carbons (Fsp3) is 0.571. The standard InChI is InChI=1S/C14H20ClNO2/c1-17-12-4-5-14(13(15)9-12)18-8-6-11-3-2-7-16-10-11/h4-5,9,11,16H,2-3,6-8,10H2,1H3/t11-/m1/s1. The molecule has 0 spiro atoms. The summed E-state index contributed by atoms with van der Waals surface area (Å²) in [6.45, 7) is 2.99. The molecule has 1 aromatic rings. The summed E-state index contributed by atoms with van der Waals surface area (Å²) in [6, 6.07) is 5.50. The van der Waals surface area contributed by atoms with Crippen molar-refractivity contribution in [3.8, 4) is 11.5 Å². The highest BCUT2D eigenvalue weighted by Crippen LogP contribution is 2.29.